The lowest BCUT2D eigenvalue weighted by atomic mass is 10.0. The highest BCUT2D eigenvalue weighted by Gasteiger charge is 2.47. The van der Waals surface area contributed by atoms with Gasteiger partial charge < -0.3 is 15.4 Å². The largest absolute Gasteiger partial charge is 0.466 e. The minimum atomic E-state index is -1.71. The van der Waals surface area contributed by atoms with Gasteiger partial charge in [-0.1, -0.05) is 11.6 Å². The molecule has 0 spiro atoms. The average molecular weight is 383 g/mol. The molecule has 2 aromatic carbocycles. The molecule has 3 aromatic rings. The van der Waals surface area contributed by atoms with E-state index < -0.39 is 17.4 Å². The predicted molar refractivity (Wildman–Crippen MR) is 101 cm³/mol. The Morgan fingerprint density at radius 1 is 1.26 bits per heavy atom. The smallest absolute Gasteiger partial charge is 0.278 e. The zero-order valence-corrected chi connectivity index (χ0v) is 15.0. The quantitative estimate of drug-likeness (QED) is 0.681. The first-order valence-corrected chi connectivity index (χ1v) is 8.55. The third-order valence-corrected chi connectivity index (χ3v) is 4.50. The first-order valence-electron chi connectivity index (χ1n) is 8.17. The molecule has 27 heavy (non-hydrogen) atoms. The van der Waals surface area contributed by atoms with E-state index in [0.717, 1.165) is 5.69 Å². The molecule has 1 aliphatic rings. The molecule has 1 unspecified atom stereocenters. The molecule has 1 atom stereocenters. The lowest BCUT2D eigenvalue weighted by molar-refractivity contribution is -0.143. The fourth-order valence-corrected chi connectivity index (χ4v) is 2.89. The molecule has 0 radical (unpaired) electrons. The van der Waals surface area contributed by atoms with Crippen molar-refractivity contribution in [2.45, 2.75) is 12.5 Å². The molecule has 4 rings (SSSR count). The number of rotatable bonds is 3. The maximum atomic E-state index is 12.7. The van der Waals surface area contributed by atoms with Gasteiger partial charge in [0.25, 0.3) is 17.4 Å². The van der Waals surface area contributed by atoms with Gasteiger partial charge in [-0.25, -0.2) is 4.68 Å². The maximum Gasteiger partial charge on any atom is 0.278 e. The first kappa shape index (κ1) is 17.1. The lowest BCUT2D eigenvalue weighted by Gasteiger charge is -2.33. The molecule has 7 nitrogen and oxygen atoms in total. The van der Waals surface area contributed by atoms with Crippen molar-refractivity contribution in [1.82, 2.24) is 9.78 Å². The van der Waals surface area contributed by atoms with Crippen molar-refractivity contribution in [3.8, 4) is 11.4 Å². The molecule has 0 saturated heterocycles. The van der Waals surface area contributed by atoms with Crippen molar-refractivity contribution in [3.05, 3.63) is 65.9 Å². The summed E-state index contributed by atoms with van der Waals surface area (Å²) in [6.07, 6.45) is 3.50. The number of carbonyl (C=O) groups is 2. The van der Waals surface area contributed by atoms with Crippen LogP contribution in [0.4, 0.5) is 11.4 Å². The van der Waals surface area contributed by atoms with Gasteiger partial charge in [0, 0.05) is 23.1 Å². The van der Waals surface area contributed by atoms with Crippen LogP contribution >= 0.6 is 11.6 Å². The van der Waals surface area contributed by atoms with Crippen molar-refractivity contribution >= 4 is 34.8 Å². The van der Waals surface area contributed by atoms with Crippen LogP contribution in [0.2, 0.25) is 5.02 Å². The number of carbonyl (C=O) groups excluding carboxylic acids is 2. The molecule has 0 bridgehead atoms. The minimum absolute atomic E-state index is 0.380. The zero-order valence-electron chi connectivity index (χ0n) is 14.3. The second-order valence-corrected chi connectivity index (χ2v) is 6.62. The topological polar surface area (TPSA) is 85.2 Å². The fraction of sp³-hybridized carbons (Fsp3) is 0.105. The summed E-state index contributed by atoms with van der Waals surface area (Å²) < 4.78 is 7.41. The molecule has 1 aliphatic heterocycles. The van der Waals surface area contributed by atoms with Crippen LogP contribution in [-0.2, 0) is 9.59 Å². The molecule has 0 aliphatic carbocycles. The Bertz CT molecular complexity index is 1020. The number of fused-ring (bicyclic) bond motifs is 1. The molecule has 0 saturated carbocycles. The summed E-state index contributed by atoms with van der Waals surface area (Å²) in [5, 5.41) is 9.99. The highest BCUT2D eigenvalue weighted by Crippen LogP contribution is 2.36. The number of amides is 2. The van der Waals surface area contributed by atoms with Gasteiger partial charge in [0.2, 0.25) is 0 Å². The van der Waals surface area contributed by atoms with Crippen LogP contribution < -0.4 is 15.4 Å². The summed E-state index contributed by atoms with van der Waals surface area (Å²) in [5.74, 6) is -0.763. The van der Waals surface area contributed by atoms with Crippen LogP contribution in [0.15, 0.2) is 60.9 Å². The zero-order chi connectivity index (χ0) is 19.0. The Kier molecular flexibility index (Phi) is 4.08. The van der Waals surface area contributed by atoms with E-state index in [0.29, 0.717) is 22.1 Å². The van der Waals surface area contributed by atoms with E-state index in [1.54, 1.807) is 41.2 Å². The number of benzene rings is 2. The number of nitrogens with one attached hydrogen (secondary N) is 2. The van der Waals surface area contributed by atoms with E-state index >= 15 is 0 Å². The van der Waals surface area contributed by atoms with Gasteiger partial charge in [-0.2, -0.15) is 5.10 Å². The normalized spacial score (nSPS) is 18.2. The predicted octanol–water partition coefficient (Wildman–Crippen LogP) is 3.25. The van der Waals surface area contributed by atoms with Crippen LogP contribution in [0.1, 0.15) is 6.92 Å². The van der Waals surface area contributed by atoms with Gasteiger partial charge in [-0.15, -0.1) is 0 Å². The second kappa shape index (κ2) is 6.44. The fourth-order valence-electron chi connectivity index (χ4n) is 2.72. The van der Waals surface area contributed by atoms with Gasteiger partial charge in [0.05, 0.1) is 11.4 Å². The first-order chi connectivity index (χ1) is 13.0. The molecule has 2 amide bonds. The van der Waals surface area contributed by atoms with Gasteiger partial charge in [-0.05, 0) is 55.5 Å². The second-order valence-electron chi connectivity index (χ2n) is 6.18. The monoisotopic (exact) mass is 382 g/mol. The van der Waals surface area contributed by atoms with Crippen LogP contribution in [0.5, 0.6) is 5.75 Å². The number of nitrogens with zero attached hydrogens (tertiary/aromatic N) is 2. The molecule has 2 heterocycles. The summed E-state index contributed by atoms with van der Waals surface area (Å²) >= 11 is 5.92. The number of anilines is 2. The van der Waals surface area contributed by atoms with E-state index in [1.165, 1.54) is 6.92 Å². The SMILES string of the molecule is CC1(C(=O)Nc2ccc(-n3cccn3)cc2)Oc2ccc(Cl)cc2NC1=O. The van der Waals surface area contributed by atoms with Crippen molar-refractivity contribution in [1.29, 1.82) is 0 Å². The van der Waals surface area contributed by atoms with Gasteiger partial charge in [-0.3, -0.25) is 9.59 Å². The van der Waals surface area contributed by atoms with E-state index in [-0.39, 0.29) is 0 Å². The number of ether oxygens (including phenoxy) is 1. The van der Waals surface area contributed by atoms with E-state index in [1.807, 2.05) is 24.4 Å². The van der Waals surface area contributed by atoms with Crippen molar-refractivity contribution < 1.29 is 14.3 Å². The van der Waals surface area contributed by atoms with Crippen LogP contribution in [0.25, 0.3) is 5.69 Å². The summed E-state index contributed by atoms with van der Waals surface area (Å²) in [5.41, 5.74) is 0.111. The van der Waals surface area contributed by atoms with Crippen molar-refractivity contribution in [2.75, 3.05) is 10.6 Å². The summed E-state index contributed by atoms with van der Waals surface area (Å²) in [4.78, 5) is 25.2. The highest BCUT2D eigenvalue weighted by atomic mass is 35.5. The number of halogens is 1. The van der Waals surface area contributed by atoms with Crippen molar-refractivity contribution in [2.24, 2.45) is 0 Å². The molecule has 1 aromatic heterocycles. The van der Waals surface area contributed by atoms with Crippen molar-refractivity contribution in [3.63, 3.8) is 0 Å². The van der Waals surface area contributed by atoms with Crippen LogP contribution in [0.3, 0.4) is 0 Å². The third kappa shape index (κ3) is 3.13. The van der Waals surface area contributed by atoms with E-state index in [9.17, 15) is 9.59 Å². The molecule has 8 heteroatoms. The van der Waals surface area contributed by atoms with Gasteiger partial charge >= 0.3 is 0 Å². The summed E-state index contributed by atoms with van der Waals surface area (Å²) in [6.45, 7) is 1.42. The lowest BCUT2D eigenvalue weighted by Crippen LogP contribution is -2.56. The molecular formula is C19H15ClN4O3. The van der Waals surface area contributed by atoms with Gasteiger partial charge in [0.1, 0.15) is 5.75 Å². The molecule has 136 valence electrons. The van der Waals surface area contributed by atoms with Crippen LogP contribution in [-0.4, -0.2) is 27.2 Å². The van der Waals surface area contributed by atoms with E-state index in [2.05, 4.69) is 15.7 Å². The molecule has 0 fully saturated rings. The molecular weight excluding hydrogens is 368 g/mol. The highest BCUT2D eigenvalue weighted by molar-refractivity contribution is 6.31. The number of hydrogen-bond donors (Lipinski definition) is 2. The maximum absolute atomic E-state index is 12.7. The Labute approximate surface area is 159 Å². The Morgan fingerprint density at radius 2 is 2.04 bits per heavy atom. The number of hydrogen-bond acceptors (Lipinski definition) is 4. The van der Waals surface area contributed by atoms with Gasteiger partial charge in [0.15, 0.2) is 0 Å². The summed E-state index contributed by atoms with van der Waals surface area (Å²) in [6, 6.07) is 13.7. The molecule has 2 N–H and O–H groups in total. The standard InChI is InChI=1S/C19H15ClN4O3/c1-19(18(26)23-15-11-12(20)3-8-16(15)27-19)17(25)22-13-4-6-14(7-5-13)24-10-2-9-21-24/h2-11H,1H3,(H,22,25)(H,23,26). The average Bonchev–Trinajstić information content (AvgIpc) is 3.18. The summed E-state index contributed by atoms with van der Waals surface area (Å²) in [7, 11) is 0. The Morgan fingerprint density at radius 3 is 2.74 bits per heavy atom. The number of aromatic nitrogens is 2. The Balaban J connectivity index is 1.53. The van der Waals surface area contributed by atoms with E-state index in [4.69, 9.17) is 16.3 Å². The van der Waals surface area contributed by atoms with Crippen LogP contribution in [0, 0.1) is 0 Å². The third-order valence-electron chi connectivity index (χ3n) is 4.26. The Hall–Kier alpha value is -3.32. The minimum Gasteiger partial charge on any atom is -0.466 e.